The van der Waals surface area contributed by atoms with E-state index in [0.29, 0.717) is 6.07 Å². The number of nitrogens with zero attached hydrogens (tertiary/aromatic N) is 3. The second-order valence-electron chi connectivity index (χ2n) is 7.27. The molecule has 0 saturated carbocycles. The third-order valence-corrected chi connectivity index (χ3v) is 6.68. The van der Waals surface area contributed by atoms with Crippen LogP contribution >= 0.6 is 0 Å². The Morgan fingerprint density at radius 2 is 1.79 bits per heavy atom. The quantitative estimate of drug-likeness (QED) is 0.496. The van der Waals surface area contributed by atoms with Crippen molar-refractivity contribution >= 4 is 27.3 Å². The number of anilines is 1. The zero-order chi connectivity index (χ0) is 24.4. The Bertz CT molecular complexity index is 1160. The number of benzene rings is 2. The number of sulfonamides is 1. The SMILES string of the molecule is CCNS(=O)(=O)c1cccc(C(=O)N2CCN(c3ccc(C(F)(F)F)cc3[N+](=O)[O-])CC2)c1. The molecule has 1 saturated heterocycles. The van der Waals surface area contributed by atoms with Crippen molar-refractivity contribution in [2.45, 2.75) is 18.0 Å². The lowest BCUT2D eigenvalue weighted by atomic mass is 10.1. The first-order valence-corrected chi connectivity index (χ1v) is 11.4. The molecule has 1 aliphatic rings. The summed E-state index contributed by atoms with van der Waals surface area (Å²) in [5.41, 5.74) is -1.56. The number of rotatable bonds is 6. The van der Waals surface area contributed by atoms with Crippen molar-refractivity contribution < 1.29 is 31.3 Å². The summed E-state index contributed by atoms with van der Waals surface area (Å²) in [6, 6.07) is 7.94. The van der Waals surface area contributed by atoms with Crippen molar-refractivity contribution in [1.82, 2.24) is 9.62 Å². The molecule has 1 amide bonds. The molecule has 1 aliphatic heterocycles. The van der Waals surface area contributed by atoms with Gasteiger partial charge in [0.2, 0.25) is 10.0 Å². The molecule has 1 N–H and O–H groups in total. The van der Waals surface area contributed by atoms with Crippen LogP contribution in [-0.4, -0.2) is 56.9 Å². The Hall–Kier alpha value is -3.19. The highest BCUT2D eigenvalue weighted by molar-refractivity contribution is 7.89. The molecular formula is C20H21F3N4O5S. The summed E-state index contributed by atoms with van der Waals surface area (Å²) in [6.45, 7) is 2.45. The lowest BCUT2D eigenvalue weighted by Gasteiger charge is -2.36. The van der Waals surface area contributed by atoms with Crippen LogP contribution in [0.5, 0.6) is 0 Å². The van der Waals surface area contributed by atoms with Crippen molar-refractivity contribution in [3.63, 3.8) is 0 Å². The average Bonchev–Trinajstić information content (AvgIpc) is 2.77. The van der Waals surface area contributed by atoms with Crippen molar-refractivity contribution in [3.05, 3.63) is 63.7 Å². The van der Waals surface area contributed by atoms with E-state index < -0.39 is 38.3 Å². The van der Waals surface area contributed by atoms with Crippen LogP contribution in [0, 0.1) is 10.1 Å². The fourth-order valence-corrected chi connectivity index (χ4v) is 4.60. The molecule has 2 aromatic carbocycles. The van der Waals surface area contributed by atoms with E-state index in [0.717, 1.165) is 12.1 Å². The van der Waals surface area contributed by atoms with Gasteiger partial charge >= 0.3 is 6.18 Å². The summed E-state index contributed by atoms with van der Waals surface area (Å²) in [5, 5.41) is 11.4. The Balaban J connectivity index is 1.76. The number of nitro benzene ring substituents is 1. The zero-order valence-corrected chi connectivity index (χ0v) is 18.3. The van der Waals surface area contributed by atoms with Gasteiger partial charge in [-0.25, -0.2) is 13.1 Å². The van der Waals surface area contributed by atoms with E-state index in [1.165, 1.54) is 29.2 Å². The van der Waals surface area contributed by atoms with Gasteiger partial charge in [0.15, 0.2) is 0 Å². The second kappa shape index (κ2) is 9.35. The van der Waals surface area contributed by atoms with Crippen LogP contribution < -0.4 is 9.62 Å². The van der Waals surface area contributed by atoms with E-state index in [4.69, 9.17) is 0 Å². The molecule has 178 valence electrons. The molecular weight excluding hydrogens is 465 g/mol. The van der Waals surface area contributed by atoms with Gasteiger partial charge in [0, 0.05) is 44.4 Å². The Labute approximate surface area is 188 Å². The molecule has 0 spiro atoms. The molecule has 1 fully saturated rings. The molecule has 0 unspecified atom stereocenters. The average molecular weight is 486 g/mol. The molecule has 0 aromatic heterocycles. The number of nitrogens with one attached hydrogen (secondary N) is 1. The minimum Gasteiger partial charge on any atom is -0.362 e. The molecule has 2 aromatic rings. The topological polar surface area (TPSA) is 113 Å². The summed E-state index contributed by atoms with van der Waals surface area (Å²) < 4.78 is 65.5. The number of hydrogen-bond acceptors (Lipinski definition) is 6. The summed E-state index contributed by atoms with van der Waals surface area (Å²) in [5.74, 6) is -0.412. The first kappa shape index (κ1) is 24.5. The van der Waals surface area contributed by atoms with Crippen molar-refractivity contribution in [3.8, 4) is 0 Å². The smallest absolute Gasteiger partial charge is 0.362 e. The number of nitro groups is 1. The lowest BCUT2D eigenvalue weighted by molar-refractivity contribution is -0.384. The van der Waals surface area contributed by atoms with Gasteiger partial charge in [-0.05, 0) is 30.3 Å². The van der Waals surface area contributed by atoms with E-state index >= 15 is 0 Å². The molecule has 0 aliphatic carbocycles. The van der Waals surface area contributed by atoms with Crippen LogP contribution in [0.3, 0.4) is 0 Å². The number of carbonyl (C=O) groups is 1. The molecule has 0 radical (unpaired) electrons. The standard InChI is InChI=1S/C20H21F3N4O5S/c1-2-24-33(31,32)16-5-3-4-14(12-16)19(28)26-10-8-25(9-11-26)17-7-6-15(20(21,22)23)13-18(17)27(29)30/h3-7,12-13,24H,2,8-11H2,1H3. The second-order valence-corrected chi connectivity index (χ2v) is 9.03. The lowest BCUT2D eigenvalue weighted by Crippen LogP contribution is -2.49. The largest absolute Gasteiger partial charge is 0.416 e. The Kier molecular flexibility index (Phi) is 6.93. The van der Waals surface area contributed by atoms with E-state index in [2.05, 4.69) is 4.72 Å². The highest BCUT2D eigenvalue weighted by Crippen LogP contribution is 2.36. The van der Waals surface area contributed by atoms with Gasteiger partial charge < -0.3 is 9.80 Å². The number of halogens is 3. The third kappa shape index (κ3) is 5.42. The molecule has 1 heterocycles. The number of hydrogen-bond donors (Lipinski definition) is 1. The van der Waals surface area contributed by atoms with Crippen LogP contribution in [-0.2, 0) is 16.2 Å². The third-order valence-electron chi connectivity index (χ3n) is 5.13. The maximum absolute atomic E-state index is 12.9. The molecule has 0 bridgehead atoms. The maximum atomic E-state index is 12.9. The predicted octanol–water partition coefficient (Wildman–Crippen LogP) is 2.87. The van der Waals surface area contributed by atoms with Gasteiger partial charge in [-0.1, -0.05) is 13.0 Å². The summed E-state index contributed by atoms with van der Waals surface area (Å²) in [6.07, 6.45) is -4.71. The van der Waals surface area contributed by atoms with Gasteiger partial charge in [-0.3, -0.25) is 14.9 Å². The van der Waals surface area contributed by atoms with Crippen molar-refractivity contribution in [2.24, 2.45) is 0 Å². The van der Waals surface area contributed by atoms with E-state index in [-0.39, 0.29) is 48.9 Å². The minimum atomic E-state index is -4.71. The van der Waals surface area contributed by atoms with E-state index in [1.807, 2.05) is 0 Å². The van der Waals surface area contributed by atoms with Gasteiger partial charge in [0.25, 0.3) is 11.6 Å². The highest BCUT2D eigenvalue weighted by atomic mass is 32.2. The van der Waals surface area contributed by atoms with Gasteiger partial charge in [0.05, 0.1) is 15.4 Å². The fourth-order valence-electron chi connectivity index (χ4n) is 3.52. The number of amides is 1. The number of alkyl halides is 3. The van der Waals surface area contributed by atoms with E-state index in [9.17, 15) is 36.5 Å². The Morgan fingerprint density at radius 1 is 1.12 bits per heavy atom. The molecule has 0 atom stereocenters. The molecule has 13 heteroatoms. The minimum absolute atomic E-state index is 0.0406. The van der Waals surface area contributed by atoms with Crippen molar-refractivity contribution in [1.29, 1.82) is 0 Å². The first-order valence-electron chi connectivity index (χ1n) is 9.93. The van der Waals surface area contributed by atoms with Crippen LogP contribution in [0.25, 0.3) is 0 Å². The van der Waals surface area contributed by atoms with Crippen LogP contribution in [0.1, 0.15) is 22.8 Å². The maximum Gasteiger partial charge on any atom is 0.416 e. The summed E-state index contributed by atoms with van der Waals surface area (Å²) >= 11 is 0. The van der Waals surface area contributed by atoms with Gasteiger partial charge in [-0.15, -0.1) is 0 Å². The normalized spacial score (nSPS) is 14.9. The molecule has 9 nitrogen and oxygen atoms in total. The number of carbonyl (C=O) groups excluding carboxylic acids is 1. The van der Waals surface area contributed by atoms with Crippen LogP contribution in [0.2, 0.25) is 0 Å². The van der Waals surface area contributed by atoms with Crippen LogP contribution in [0.4, 0.5) is 24.5 Å². The predicted molar refractivity (Wildman–Crippen MR) is 114 cm³/mol. The highest BCUT2D eigenvalue weighted by Gasteiger charge is 2.34. The Morgan fingerprint density at radius 3 is 2.36 bits per heavy atom. The van der Waals surface area contributed by atoms with Gasteiger partial charge in [-0.2, -0.15) is 13.2 Å². The number of piperazine rings is 1. The first-order chi connectivity index (χ1) is 15.4. The monoisotopic (exact) mass is 486 g/mol. The van der Waals surface area contributed by atoms with Crippen LogP contribution in [0.15, 0.2) is 47.4 Å². The molecule has 33 heavy (non-hydrogen) atoms. The summed E-state index contributed by atoms with van der Waals surface area (Å²) in [7, 11) is -3.74. The van der Waals surface area contributed by atoms with Crippen molar-refractivity contribution in [2.75, 3.05) is 37.6 Å². The summed E-state index contributed by atoms with van der Waals surface area (Å²) in [4.78, 5) is 26.3. The zero-order valence-electron chi connectivity index (χ0n) is 17.5. The van der Waals surface area contributed by atoms with Gasteiger partial charge in [0.1, 0.15) is 5.69 Å². The fraction of sp³-hybridized carbons (Fsp3) is 0.350. The van der Waals surface area contributed by atoms with E-state index in [1.54, 1.807) is 11.8 Å². The molecule has 3 rings (SSSR count).